The number of methoxy groups -OCH3 is 1. The molecule has 5 atom stereocenters. The third-order valence-corrected chi connectivity index (χ3v) is 9.25. The van der Waals surface area contributed by atoms with Crippen LogP contribution < -0.4 is 0 Å². The zero-order chi connectivity index (χ0) is 20.7. The summed E-state index contributed by atoms with van der Waals surface area (Å²) in [6.07, 6.45) is 14.6. The number of esters is 1. The van der Waals surface area contributed by atoms with Crippen LogP contribution in [-0.4, -0.2) is 13.1 Å². The lowest BCUT2D eigenvalue weighted by molar-refractivity contribution is -0.145. The maximum Gasteiger partial charge on any atom is 0.330 e. The standard InChI is InChI=1S/C26H42O2/c1-18(17-23(27)28-7)9-11-20-19(2)10-12-22-25(20,5)16-13-21-24(3,4)14-8-15-26(21,22)6/h10,17,20-22H,8-9,11-16H2,1-7H3/b18-17-/t20-,21?,22-,25-,26-/m0/s1. The largest absolute Gasteiger partial charge is 0.466 e. The molecule has 0 aromatic heterocycles. The van der Waals surface area contributed by atoms with Crippen molar-refractivity contribution >= 4 is 5.97 Å². The molecule has 0 amide bonds. The topological polar surface area (TPSA) is 26.3 Å². The van der Waals surface area contributed by atoms with Crippen LogP contribution in [0.2, 0.25) is 0 Å². The van der Waals surface area contributed by atoms with Crippen molar-refractivity contribution in [3.63, 3.8) is 0 Å². The Morgan fingerprint density at radius 3 is 2.54 bits per heavy atom. The van der Waals surface area contributed by atoms with Crippen LogP contribution in [0.5, 0.6) is 0 Å². The SMILES string of the molecule is COC(=O)/C=C(/C)CC[C@H]1C(C)=CC[C@H]2[C@@]1(C)CCC1C(C)(C)CCC[C@@]12C. The summed E-state index contributed by atoms with van der Waals surface area (Å²) in [5, 5.41) is 0. The number of rotatable bonds is 4. The Hall–Kier alpha value is -1.05. The molecule has 0 spiro atoms. The lowest BCUT2D eigenvalue weighted by Crippen LogP contribution is -2.57. The van der Waals surface area contributed by atoms with Crippen LogP contribution in [0.1, 0.15) is 92.9 Å². The Bertz CT molecular complexity index is 670. The zero-order valence-corrected chi connectivity index (χ0v) is 19.4. The van der Waals surface area contributed by atoms with Crippen molar-refractivity contribution in [2.24, 2.45) is 34.0 Å². The summed E-state index contributed by atoms with van der Waals surface area (Å²) >= 11 is 0. The summed E-state index contributed by atoms with van der Waals surface area (Å²) in [6, 6.07) is 0. The fourth-order valence-corrected chi connectivity index (χ4v) is 7.87. The number of fused-ring (bicyclic) bond motifs is 3. The molecule has 0 bridgehead atoms. The molecule has 0 heterocycles. The van der Waals surface area contributed by atoms with Crippen LogP contribution in [0.25, 0.3) is 0 Å². The second-order valence-corrected chi connectivity index (χ2v) is 11.3. The van der Waals surface area contributed by atoms with E-state index in [4.69, 9.17) is 4.74 Å². The molecule has 158 valence electrons. The molecule has 0 aromatic carbocycles. The molecule has 2 saturated carbocycles. The minimum atomic E-state index is -0.227. The van der Waals surface area contributed by atoms with Gasteiger partial charge in [-0.2, -0.15) is 0 Å². The Kier molecular flexibility index (Phi) is 5.92. The van der Waals surface area contributed by atoms with Crippen molar-refractivity contribution in [3.8, 4) is 0 Å². The predicted octanol–water partition coefficient (Wildman–Crippen LogP) is 7.10. The first-order valence-corrected chi connectivity index (χ1v) is 11.5. The Morgan fingerprint density at radius 2 is 1.86 bits per heavy atom. The van der Waals surface area contributed by atoms with Gasteiger partial charge in [0.05, 0.1) is 7.11 Å². The summed E-state index contributed by atoms with van der Waals surface area (Å²) in [7, 11) is 1.45. The first-order valence-electron chi connectivity index (χ1n) is 11.5. The fourth-order valence-electron chi connectivity index (χ4n) is 7.87. The summed E-state index contributed by atoms with van der Waals surface area (Å²) < 4.78 is 4.80. The first-order chi connectivity index (χ1) is 13.0. The molecule has 0 aliphatic heterocycles. The summed E-state index contributed by atoms with van der Waals surface area (Å²) in [5.74, 6) is 2.06. The van der Waals surface area contributed by atoms with E-state index in [9.17, 15) is 4.79 Å². The van der Waals surface area contributed by atoms with Gasteiger partial charge in [0.25, 0.3) is 0 Å². The average Bonchev–Trinajstić information content (AvgIpc) is 2.59. The molecule has 0 aromatic rings. The molecule has 3 aliphatic carbocycles. The molecular formula is C26H42O2. The van der Waals surface area contributed by atoms with E-state index in [1.54, 1.807) is 11.6 Å². The molecule has 2 fully saturated rings. The fraction of sp³-hybridized carbons (Fsp3) is 0.808. The Labute approximate surface area is 173 Å². The van der Waals surface area contributed by atoms with Crippen LogP contribution in [0.4, 0.5) is 0 Å². The monoisotopic (exact) mass is 386 g/mol. The van der Waals surface area contributed by atoms with Crippen LogP contribution in [0.3, 0.4) is 0 Å². The third-order valence-electron chi connectivity index (χ3n) is 9.25. The van der Waals surface area contributed by atoms with Gasteiger partial charge in [0, 0.05) is 6.08 Å². The Balaban J connectivity index is 1.85. The summed E-state index contributed by atoms with van der Waals surface area (Å²) in [4.78, 5) is 11.6. The highest BCUT2D eigenvalue weighted by Crippen LogP contribution is 2.68. The molecule has 0 N–H and O–H groups in total. The second-order valence-electron chi connectivity index (χ2n) is 11.3. The second kappa shape index (κ2) is 7.65. The van der Waals surface area contributed by atoms with Crippen molar-refractivity contribution in [1.82, 2.24) is 0 Å². The van der Waals surface area contributed by atoms with Gasteiger partial charge in [-0.3, -0.25) is 0 Å². The van der Waals surface area contributed by atoms with E-state index in [0.717, 1.165) is 30.3 Å². The molecule has 1 unspecified atom stereocenters. The quantitative estimate of drug-likeness (QED) is 0.292. The lowest BCUT2D eigenvalue weighted by Gasteiger charge is -2.65. The molecule has 28 heavy (non-hydrogen) atoms. The van der Waals surface area contributed by atoms with E-state index in [-0.39, 0.29) is 5.97 Å². The van der Waals surface area contributed by atoms with Crippen molar-refractivity contribution in [2.75, 3.05) is 7.11 Å². The number of hydrogen-bond donors (Lipinski definition) is 0. The number of ether oxygens (including phenoxy) is 1. The van der Waals surface area contributed by atoms with E-state index >= 15 is 0 Å². The van der Waals surface area contributed by atoms with Crippen molar-refractivity contribution in [1.29, 1.82) is 0 Å². The molecule has 0 radical (unpaired) electrons. The van der Waals surface area contributed by atoms with Gasteiger partial charge in [0.15, 0.2) is 0 Å². The van der Waals surface area contributed by atoms with Crippen LogP contribution in [-0.2, 0) is 9.53 Å². The number of hydrogen-bond acceptors (Lipinski definition) is 2. The van der Waals surface area contributed by atoms with Gasteiger partial charge in [0.2, 0.25) is 0 Å². The van der Waals surface area contributed by atoms with Crippen molar-refractivity contribution in [3.05, 3.63) is 23.3 Å². The van der Waals surface area contributed by atoms with Gasteiger partial charge in [-0.25, -0.2) is 4.79 Å². The highest BCUT2D eigenvalue weighted by atomic mass is 16.5. The normalized spacial score (nSPS) is 40.2. The van der Waals surface area contributed by atoms with E-state index in [0.29, 0.717) is 22.2 Å². The van der Waals surface area contributed by atoms with Crippen LogP contribution >= 0.6 is 0 Å². The predicted molar refractivity (Wildman–Crippen MR) is 117 cm³/mol. The first kappa shape index (κ1) is 21.7. The van der Waals surface area contributed by atoms with Gasteiger partial charge in [0.1, 0.15) is 0 Å². The molecule has 2 heteroatoms. The maximum absolute atomic E-state index is 11.6. The molecule has 3 rings (SSSR count). The van der Waals surface area contributed by atoms with Gasteiger partial charge in [-0.1, -0.05) is 51.3 Å². The van der Waals surface area contributed by atoms with Crippen LogP contribution in [0, 0.1) is 34.0 Å². The van der Waals surface area contributed by atoms with E-state index < -0.39 is 0 Å². The van der Waals surface area contributed by atoms with E-state index in [1.807, 2.05) is 0 Å². The Morgan fingerprint density at radius 1 is 1.14 bits per heavy atom. The smallest absolute Gasteiger partial charge is 0.330 e. The highest BCUT2D eigenvalue weighted by Gasteiger charge is 2.60. The lowest BCUT2D eigenvalue weighted by atomic mass is 9.39. The van der Waals surface area contributed by atoms with Crippen molar-refractivity contribution in [2.45, 2.75) is 92.9 Å². The maximum atomic E-state index is 11.6. The van der Waals surface area contributed by atoms with E-state index in [1.165, 1.54) is 45.6 Å². The number of carbonyl (C=O) groups is 1. The molecule has 3 aliphatic rings. The number of allylic oxidation sites excluding steroid dienone is 3. The third kappa shape index (κ3) is 3.61. The van der Waals surface area contributed by atoms with Gasteiger partial charge < -0.3 is 4.74 Å². The minimum absolute atomic E-state index is 0.227. The van der Waals surface area contributed by atoms with Gasteiger partial charge >= 0.3 is 5.97 Å². The van der Waals surface area contributed by atoms with E-state index in [2.05, 4.69) is 47.6 Å². The highest BCUT2D eigenvalue weighted by molar-refractivity contribution is 5.82. The summed E-state index contributed by atoms with van der Waals surface area (Å²) in [6.45, 7) is 14.7. The van der Waals surface area contributed by atoms with Crippen LogP contribution in [0.15, 0.2) is 23.3 Å². The average molecular weight is 387 g/mol. The molecule has 2 nitrogen and oxygen atoms in total. The summed E-state index contributed by atoms with van der Waals surface area (Å²) in [5.41, 5.74) is 4.08. The van der Waals surface area contributed by atoms with Gasteiger partial charge in [-0.05, 0) is 92.8 Å². The van der Waals surface area contributed by atoms with Gasteiger partial charge in [-0.15, -0.1) is 0 Å². The molecular weight excluding hydrogens is 344 g/mol. The molecule has 0 saturated heterocycles. The zero-order valence-electron chi connectivity index (χ0n) is 19.4. The number of carbonyl (C=O) groups excluding carboxylic acids is 1. The minimum Gasteiger partial charge on any atom is -0.466 e. The van der Waals surface area contributed by atoms with Crippen molar-refractivity contribution < 1.29 is 9.53 Å².